The average Bonchev–Trinajstić information content (AvgIpc) is 2.39. The molecule has 2 aromatic carbocycles. The fourth-order valence-corrected chi connectivity index (χ4v) is 2.28. The van der Waals surface area contributed by atoms with Crippen LogP contribution in [0.15, 0.2) is 30.3 Å². The first kappa shape index (κ1) is 15.5. The van der Waals surface area contributed by atoms with Crippen LogP contribution in [0, 0.1) is 30.2 Å². The summed E-state index contributed by atoms with van der Waals surface area (Å²) in [6.07, 6.45) is 0.188. The van der Waals surface area contributed by atoms with Gasteiger partial charge in [0, 0.05) is 23.7 Å². The predicted octanol–water partition coefficient (Wildman–Crippen LogP) is 4.05. The molecule has 0 aliphatic heterocycles. The van der Waals surface area contributed by atoms with Gasteiger partial charge in [-0.1, -0.05) is 0 Å². The minimum absolute atomic E-state index is 0.188. The monoisotopic (exact) mass is 297 g/mol. The highest BCUT2D eigenvalue weighted by Gasteiger charge is 2.17. The van der Waals surface area contributed by atoms with Crippen molar-refractivity contribution in [3.8, 4) is 0 Å². The molecule has 2 rings (SSSR count). The van der Waals surface area contributed by atoms with E-state index in [-0.39, 0.29) is 12.0 Å². The Kier molecular flexibility index (Phi) is 4.63. The number of rotatable bonds is 4. The molecule has 0 heterocycles. The highest BCUT2D eigenvalue weighted by Crippen LogP contribution is 2.24. The van der Waals surface area contributed by atoms with Crippen molar-refractivity contribution < 1.29 is 17.6 Å². The van der Waals surface area contributed by atoms with Crippen LogP contribution in [-0.2, 0) is 6.42 Å². The van der Waals surface area contributed by atoms with Crippen molar-refractivity contribution in [3.63, 3.8) is 0 Å². The van der Waals surface area contributed by atoms with Crippen LogP contribution in [-0.4, -0.2) is 7.05 Å². The molecule has 1 N–H and O–H groups in total. The molecule has 0 aromatic heterocycles. The van der Waals surface area contributed by atoms with Crippen LogP contribution in [0.1, 0.15) is 22.7 Å². The Bertz CT molecular complexity index is 635. The Morgan fingerprint density at radius 2 is 1.52 bits per heavy atom. The van der Waals surface area contributed by atoms with Gasteiger partial charge in [-0.3, -0.25) is 0 Å². The minimum Gasteiger partial charge on any atom is -0.313 e. The molecule has 2 aromatic rings. The van der Waals surface area contributed by atoms with Crippen molar-refractivity contribution in [1.82, 2.24) is 5.32 Å². The van der Waals surface area contributed by atoms with Crippen molar-refractivity contribution in [3.05, 3.63) is 70.3 Å². The third-order valence-electron chi connectivity index (χ3n) is 3.36. The molecular weight excluding hydrogens is 282 g/mol. The summed E-state index contributed by atoms with van der Waals surface area (Å²) in [5.74, 6) is -2.68. The lowest BCUT2D eigenvalue weighted by Crippen LogP contribution is -2.20. The van der Waals surface area contributed by atoms with Crippen molar-refractivity contribution in [2.75, 3.05) is 7.05 Å². The normalized spacial score (nSPS) is 12.5. The number of benzene rings is 2. The molecule has 112 valence electrons. The maximum atomic E-state index is 13.9. The van der Waals surface area contributed by atoms with Gasteiger partial charge in [0.2, 0.25) is 0 Å². The first-order chi connectivity index (χ1) is 9.90. The second-order valence-corrected chi connectivity index (χ2v) is 4.95. The Hall–Kier alpha value is -1.88. The molecule has 0 aliphatic carbocycles. The molecule has 0 aliphatic rings. The van der Waals surface area contributed by atoms with E-state index in [0.717, 1.165) is 12.1 Å². The molecular formula is C16H15F4N. The molecule has 0 bridgehead atoms. The number of hydrogen-bond donors (Lipinski definition) is 1. The maximum Gasteiger partial charge on any atom is 0.130 e. The number of halogens is 4. The first-order valence-electron chi connectivity index (χ1n) is 6.48. The van der Waals surface area contributed by atoms with Crippen molar-refractivity contribution in [2.24, 2.45) is 0 Å². The van der Waals surface area contributed by atoms with E-state index in [9.17, 15) is 17.6 Å². The van der Waals surface area contributed by atoms with E-state index < -0.39 is 29.3 Å². The van der Waals surface area contributed by atoms with E-state index in [0.29, 0.717) is 11.1 Å². The molecule has 0 amide bonds. The van der Waals surface area contributed by atoms with Crippen molar-refractivity contribution in [1.29, 1.82) is 0 Å². The van der Waals surface area contributed by atoms with E-state index >= 15 is 0 Å². The average molecular weight is 297 g/mol. The number of likely N-dealkylation sites (N-methyl/N-ethyl adjacent to an activating group) is 1. The summed E-state index contributed by atoms with van der Waals surface area (Å²) in [7, 11) is 1.61. The third kappa shape index (κ3) is 3.61. The lowest BCUT2D eigenvalue weighted by atomic mass is 9.97. The van der Waals surface area contributed by atoms with Gasteiger partial charge in [0.05, 0.1) is 0 Å². The van der Waals surface area contributed by atoms with Gasteiger partial charge in [0.15, 0.2) is 0 Å². The molecule has 0 saturated heterocycles. The summed E-state index contributed by atoms with van der Waals surface area (Å²) in [6.45, 7) is 1.53. The largest absolute Gasteiger partial charge is 0.313 e. The zero-order chi connectivity index (χ0) is 15.6. The Morgan fingerprint density at radius 3 is 2.10 bits per heavy atom. The fraction of sp³-hybridized carbons (Fsp3) is 0.250. The Morgan fingerprint density at radius 1 is 0.905 bits per heavy atom. The molecule has 0 fully saturated rings. The van der Waals surface area contributed by atoms with Gasteiger partial charge >= 0.3 is 0 Å². The van der Waals surface area contributed by atoms with Gasteiger partial charge in [0.1, 0.15) is 23.3 Å². The molecule has 0 saturated carbocycles. The van der Waals surface area contributed by atoms with Gasteiger partial charge < -0.3 is 5.32 Å². The lowest BCUT2D eigenvalue weighted by Gasteiger charge is -2.18. The standard InChI is InChI=1S/C16H15F4N/c1-9-3-13(15(20)8-14(9)19)16(21-2)6-10-4-11(17)7-12(18)5-10/h3-5,7-8,16,21H,6H2,1-2H3. The SMILES string of the molecule is CNC(Cc1cc(F)cc(F)c1)c1cc(C)c(F)cc1F. The zero-order valence-electron chi connectivity index (χ0n) is 11.7. The highest BCUT2D eigenvalue weighted by molar-refractivity contribution is 5.30. The van der Waals surface area contributed by atoms with E-state index in [2.05, 4.69) is 5.32 Å². The summed E-state index contributed by atoms with van der Waals surface area (Å²) in [5, 5.41) is 2.89. The lowest BCUT2D eigenvalue weighted by molar-refractivity contribution is 0.516. The quantitative estimate of drug-likeness (QED) is 0.839. The van der Waals surface area contributed by atoms with E-state index in [1.807, 2.05) is 0 Å². The van der Waals surface area contributed by atoms with E-state index in [1.54, 1.807) is 7.05 Å². The molecule has 0 radical (unpaired) electrons. The number of nitrogens with one attached hydrogen (secondary N) is 1. The topological polar surface area (TPSA) is 12.0 Å². The zero-order valence-corrected chi connectivity index (χ0v) is 11.7. The van der Waals surface area contributed by atoms with Crippen LogP contribution in [0.3, 0.4) is 0 Å². The first-order valence-corrected chi connectivity index (χ1v) is 6.48. The van der Waals surface area contributed by atoms with Gasteiger partial charge in [-0.25, -0.2) is 17.6 Å². The molecule has 21 heavy (non-hydrogen) atoms. The number of aryl methyl sites for hydroxylation is 1. The summed E-state index contributed by atoms with van der Waals surface area (Å²) in [6, 6.07) is 4.89. The summed E-state index contributed by atoms with van der Waals surface area (Å²) in [5.41, 5.74) is 0.978. The minimum atomic E-state index is -0.686. The molecule has 1 atom stereocenters. The fourth-order valence-electron chi connectivity index (χ4n) is 2.28. The predicted molar refractivity (Wildman–Crippen MR) is 73.0 cm³/mol. The summed E-state index contributed by atoms with van der Waals surface area (Å²) in [4.78, 5) is 0. The van der Waals surface area contributed by atoms with Crippen LogP contribution in [0.25, 0.3) is 0 Å². The van der Waals surface area contributed by atoms with Gasteiger partial charge in [-0.05, 0) is 49.7 Å². The van der Waals surface area contributed by atoms with Crippen LogP contribution >= 0.6 is 0 Å². The molecule has 0 spiro atoms. The smallest absolute Gasteiger partial charge is 0.130 e. The number of hydrogen-bond acceptors (Lipinski definition) is 1. The second-order valence-electron chi connectivity index (χ2n) is 4.95. The van der Waals surface area contributed by atoms with Crippen LogP contribution < -0.4 is 5.32 Å². The van der Waals surface area contributed by atoms with Gasteiger partial charge in [0.25, 0.3) is 0 Å². The maximum absolute atomic E-state index is 13.9. The van der Waals surface area contributed by atoms with Crippen LogP contribution in [0.2, 0.25) is 0 Å². The van der Waals surface area contributed by atoms with Gasteiger partial charge in [-0.2, -0.15) is 0 Å². The van der Waals surface area contributed by atoms with E-state index in [1.165, 1.54) is 25.1 Å². The third-order valence-corrected chi connectivity index (χ3v) is 3.36. The van der Waals surface area contributed by atoms with Crippen molar-refractivity contribution in [2.45, 2.75) is 19.4 Å². The van der Waals surface area contributed by atoms with Gasteiger partial charge in [-0.15, -0.1) is 0 Å². The molecule has 5 heteroatoms. The second kappa shape index (κ2) is 6.26. The van der Waals surface area contributed by atoms with E-state index in [4.69, 9.17) is 0 Å². The molecule has 1 nitrogen and oxygen atoms in total. The Balaban J connectivity index is 2.34. The highest BCUT2D eigenvalue weighted by atomic mass is 19.1. The van der Waals surface area contributed by atoms with Crippen LogP contribution in [0.4, 0.5) is 17.6 Å². The summed E-state index contributed by atoms with van der Waals surface area (Å²) < 4.78 is 53.6. The molecule has 1 unspecified atom stereocenters. The summed E-state index contributed by atoms with van der Waals surface area (Å²) >= 11 is 0. The van der Waals surface area contributed by atoms with Crippen molar-refractivity contribution >= 4 is 0 Å². The Labute approximate surface area is 120 Å². The van der Waals surface area contributed by atoms with Crippen LogP contribution in [0.5, 0.6) is 0 Å².